The molecular weight excluding hydrogens is 196 g/mol. The number of carbonyl (C=O) groups is 2. The monoisotopic (exact) mass is 214 g/mol. The summed E-state index contributed by atoms with van der Waals surface area (Å²) in [7, 11) is 0. The summed E-state index contributed by atoms with van der Waals surface area (Å²) in [5.74, 6) is 4.73. The van der Waals surface area contributed by atoms with E-state index in [1.54, 1.807) is 20.8 Å². The molecule has 1 heterocycles. The van der Waals surface area contributed by atoms with E-state index in [4.69, 9.17) is 5.84 Å². The van der Waals surface area contributed by atoms with Gasteiger partial charge in [0.2, 0.25) is 5.91 Å². The molecule has 0 aromatic heterocycles. The van der Waals surface area contributed by atoms with Crippen molar-refractivity contribution >= 4 is 11.8 Å². The van der Waals surface area contributed by atoms with Crippen molar-refractivity contribution in [2.45, 2.75) is 32.4 Å². The Hall–Kier alpha value is -1.14. The van der Waals surface area contributed by atoms with Crippen LogP contribution in [-0.2, 0) is 9.59 Å². The van der Waals surface area contributed by atoms with Crippen LogP contribution >= 0.6 is 0 Å². The zero-order valence-corrected chi connectivity index (χ0v) is 9.33. The van der Waals surface area contributed by atoms with Crippen LogP contribution in [-0.4, -0.2) is 41.4 Å². The second kappa shape index (κ2) is 4.16. The van der Waals surface area contributed by atoms with Crippen LogP contribution in [0.25, 0.3) is 0 Å². The van der Waals surface area contributed by atoms with Crippen LogP contribution in [0.1, 0.15) is 20.8 Å². The average molecular weight is 214 g/mol. The number of piperazine rings is 1. The topological polar surface area (TPSA) is 87.5 Å². The Kier molecular flexibility index (Phi) is 3.31. The Balaban J connectivity index is 2.84. The number of nitrogens with one attached hydrogen (secondary N) is 2. The fourth-order valence-electron chi connectivity index (χ4n) is 1.86. The smallest absolute Gasteiger partial charge is 0.250 e. The van der Waals surface area contributed by atoms with Crippen LogP contribution in [0.4, 0.5) is 0 Å². The van der Waals surface area contributed by atoms with Crippen molar-refractivity contribution in [3.63, 3.8) is 0 Å². The molecule has 4 N–H and O–H groups in total. The van der Waals surface area contributed by atoms with Crippen LogP contribution in [0, 0.1) is 0 Å². The number of hydrogen-bond acceptors (Lipinski definition) is 4. The van der Waals surface area contributed by atoms with E-state index in [9.17, 15) is 9.59 Å². The summed E-state index contributed by atoms with van der Waals surface area (Å²) >= 11 is 0. The molecule has 0 radical (unpaired) electrons. The van der Waals surface area contributed by atoms with Crippen LogP contribution in [0.5, 0.6) is 0 Å². The van der Waals surface area contributed by atoms with Crippen LogP contribution < -0.4 is 16.6 Å². The molecule has 0 saturated carbocycles. The third-order valence-corrected chi connectivity index (χ3v) is 2.90. The number of hydrazine groups is 1. The summed E-state index contributed by atoms with van der Waals surface area (Å²) in [6.07, 6.45) is 0. The van der Waals surface area contributed by atoms with E-state index in [1.807, 2.05) is 4.90 Å². The predicted octanol–water partition coefficient (Wildman–Crippen LogP) is -1.42. The Morgan fingerprint density at radius 2 is 2.27 bits per heavy atom. The highest BCUT2D eigenvalue weighted by molar-refractivity contribution is 5.88. The van der Waals surface area contributed by atoms with Gasteiger partial charge in [0.1, 0.15) is 0 Å². The minimum atomic E-state index is -0.676. The Bertz CT molecular complexity index is 277. The highest BCUT2D eigenvalue weighted by Gasteiger charge is 2.41. The van der Waals surface area contributed by atoms with Crippen molar-refractivity contribution in [2.24, 2.45) is 5.84 Å². The molecule has 0 aromatic carbocycles. The van der Waals surface area contributed by atoms with Gasteiger partial charge in [0, 0.05) is 13.1 Å². The quantitative estimate of drug-likeness (QED) is 0.299. The van der Waals surface area contributed by atoms with Crippen molar-refractivity contribution in [1.29, 1.82) is 0 Å². The van der Waals surface area contributed by atoms with Crippen molar-refractivity contribution in [1.82, 2.24) is 15.6 Å². The lowest BCUT2D eigenvalue weighted by Crippen LogP contribution is -2.66. The standard InChI is InChI=1S/C9H18N4O2/c1-6(7(14)12-10)13-5-4-11-8(15)9(13,2)3/h6H,4-5,10H2,1-3H3,(H,11,15)(H,12,14). The summed E-state index contributed by atoms with van der Waals surface area (Å²) < 4.78 is 0. The van der Waals surface area contributed by atoms with Gasteiger partial charge in [-0.1, -0.05) is 0 Å². The van der Waals surface area contributed by atoms with Gasteiger partial charge < -0.3 is 5.32 Å². The van der Waals surface area contributed by atoms with E-state index in [0.29, 0.717) is 13.1 Å². The van der Waals surface area contributed by atoms with E-state index in [-0.39, 0.29) is 11.8 Å². The van der Waals surface area contributed by atoms with Gasteiger partial charge in [-0.2, -0.15) is 0 Å². The molecule has 0 bridgehead atoms. The molecule has 6 nitrogen and oxygen atoms in total. The summed E-state index contributed by atoms with van der Waals surface area (Å²) in [5.41, 5.74) is 1.43. The highest BCUT2D eigenvalue weighted by atomic mass is 16.2. The normalized spacial score (nSPS) is 23.1. The first kappa shape index (κ1) is 11.9. The van der Waals surface area contributed by atoms with E-state index < -0.39 is 11.6 Å². The second-order valence-electron chi connectivity index (χ2n) is 4.19. The second-order valence-corrected chi connectivity index (χ2v) is 4.19. The lowest BCUT2D eigenvalue weighted by atomic mass is 9.96. The fraction of sp³-hybridized carbons (Fsp3) is 0.778. The number of nitrogens with zero attached hydrogens (tertiary/aromatic N) is 1. The first-order valence-corrected chi connectivity index (χ1v) is 4.96. The molecule has 1 aliphatic rings. The molecule has 86 valence electrons. The molecule has 0 aromatic rings. The maximum absolute atomic E-state index is 11.6. The molecule has 2 amide bonds. The number of carbonyl (C=O) groups excluding carboxylic acids is 2. The van der Waals surface area contributed by atoms with E-state index in [1.165, 1.54) is 0 Å². The van der Waals surface area contributed by atoms with E-state index in [0.717, 1.165) is 0 Å². The molecule has 1 fully saturated rings. The molecule has 1 atom stereocenters. The largest absolute Gasteiger partial charge is 0.353 e. The first-order chi connectivity index (χ1) is 6.91. The lowest BCUT2D eigenvalue weighted by Gasteiger charge is -2.43. The van der Waals surface area contributed by atoms with Crippen LogP contribution in [0.3, 0.4) is 0 Å². The van der Waals surface area contributed by atoms with Gasteiger partial charge in [-0.15, -0.1) is 0 Å². The summed E-state index contributed by atoms with van der Waals surface area (Å²) in [6, 6.07) is -0.406. The summed E-state index contributed by atoms with van der Waals surface area (Å²) in [4.78, 5) is 24.9. The number of nitrogens with two attached hydrogens (primary N) is 1. The molecule has 15 heavy (non-hydrogen) atoms. The number of hydrogen-bond donors (Lipinski definition) is 3. The minimum absolute atomic E-state index is 0.0644. The SMILES string of the molecule is CC(C(=O)NN)N1CCNC(=O)C1(C)C. The molecule has 1 rings (SSSR count). The average Bonchev–Trinajstić information content (AvgIpc) is 2.20. The van der Waals surface area contributed by atoms with E-state index >= 15 is 0 Å². The number of rotatable bonds is 2. The predicted molar refractivity (Wildman–Crippen MR) is 55.6 cm³/mol. The maximum atomic E-state index is 11.6. The first-order valence-electron chi connectivity index (χ1n) is 4.96. The van der Waals surface area contributed by atoms with Gasteiger partial charge in [-0.05, 0) is 20.8 Å². The summed E-state index contributed by atoms with van der Waals surface area (Å²) in [5, 5.41) is 2.77. The third-order valence-electron chi connectivity index (χ3n) is 2.90. The Morgan fingerprint density at radius 1 is 1.67 bits per heavy atom. The van der Waals surface area contributed by atoms with E-state index in [2.05, 4.69) is 10.7 Å². The number of amides is 2. The van der Waals surface area contributed by atoms with Gasteiger partial charge in [-0.3, -0.25) is 19.9 Å². The van der Waals surface area contributed by atoms with Crippen LogP contribution in [0.15, 0.2) is 0 Å². The minimum Gasteiger partial charge on any atom is -0.353 e. The van der Waals surface area contributed by atoms with Crippen LogP contribution in [0.2, 0.25) is 0 Å². The molecular formula is C9H18N4O2. The van der Waals surface area contributed by atoms with Crippen molar-refractivity contribution in [2.75, 3.05) is 13.1 Å². The van der Waals surface area contributed by atoms with Crippen molar-refractivity contribution in [3.05, 3.63) is 0 Å². The van der Waals surface area contributed by atoms with Gasteiger partial charge >= 0.3 is 0 Å². The molecule has 0 spiro atoms. The van der Waals surface area contributed by atoms with Crippen molar-refractivity contribution < 1.29 is 9.59 Å². The molecule has 1 unspecified atom stereocenters. The Labute approximate surface area is 89.1 Å². The van der Waals surface area contributed by atoms with Gasteiger partial charge in [0.05, 0.1) is 11.6 Å². The lowest BCUT2D eigenvalue weighted by molar-refractivity contribution is -0.141. The van der Waals surface area contributed by atoms with Gasteiger partial charge in [0.25, 0.3) is 5.91 Å². The molecule has 6 heteroatoms. The Morgan fingerprint density at radius 3 is 2.80 bits per heavy atom. The van der Waals surface area contributed by atoms with Crippen molar-refractivity contribution in [3.8, 4) is 0 Å². The summed E-state index contributed by atoms with van der Waals surface area (Å²) in [6.45, 7) is 6.53. The molecule has 0 aliphatic carbocycles. The highest BCUT2D eigenvalue weighted by Crippen LogP contribution is 2.20. The fourth-order valence-corrected chi connectivity index (χ4v) is 1.86. The van der Waals surface area contributed by atoms with Gasteiger partial charge in [-0.25, -0.2) is 5.84 Å². The zero-order chi connectivity index (χ0) is 11.6. The third kappa shape index (κ3) is 2.10. The zero-order valence-electron chi connectivity index (χ0n) is 9.33. The maximum Gasteiger partial charge on any atom is 0.250 e. The molecule has 1 saturated heterocycles. The van der Waals surface area contributed by atoms with Gasteiger partial charge in [0.15, 0.2) is 0 Å². The molecule has 1 aliphatic heterocycles.